The summed E-state index contributed by atoms with van der Waals surface area (Å²) in [6.45, 7) is 3.12. The van der Waals surface area contributed by atoms with Crippen LogP contribution in [0.15, 0.2) is 35.1 Å². The van der Waals surface area contributed by atoms with Crippen LogP contribution in [0, 0.1) is 11.6 Å². The van der Waals surface area contributed by atoms with Crippen LogP contribution in [0.2, 0.25) is 0 Å². The number of pyridine rings is 2. The maximum absolute atomic E-state index is 13.8. The third-order valence-electron chi connectivity index (χ3n) is 4.86. The fourth-order valence-electron chi connectivity index (χ4n) is 3.68. The minimum atomic E-state index is -0.632. The molecule has 7 heteroatoms. The van der Waals surface area contributed by atoms with E-state index in [1.807, 2.05) is 18.3 Å². The molecule has 0 N–H and O–H groups in total. The van der Waals surface area contributed by atoms with Gasteiger partial charge in [0, 0.05) is 55.0 Å². The van der Waals surface area contributed by atoms with Crippen molar-refractivity contribution in [2.75, 3.05) is 13.1 Å². The monoisotopic (exact) mass is 394 g/mol. The van der Waals surface area contributed by atoms with E-state index in [-0.39, 0.29) is 0 Å². The molecule has 2 aliphatic rings. The lowest BCUT2D eigenvalue weighted by Crippen LogP contribution is -2.45. The Morgan fingerprint density at radius 2 is 1.79 bits per heavy atom. The summed E-state index contributed by atoms with van der Waals surface area (Å²) in [6, 6.07) is 5.81. The van der Waals surface area contributed by atoms with E-state index in [1.165, 1.54) is 0 Å². The van der Waals surface area contributed by atoms with Gasteiger partial charge in [-0.2, -0.15) is 0 Å². The molecule has 2 aromatic heterocycles. The maximum Gasteiger partial charge on any atom is 0.148 e. The third-order valence-corrected chi connectivity index (χ3v) is 5.33. The van der Waals surface area contributed by atoms with Gasteiger partial charge in [-0.15, -0.1) is 0 Å². The molecule has 24 heavy (non-hydrogen) atoms. The lowest BCUT2D eigenvalue weighted by atomic mass is 10.2. The normalized spacial score (nSPS) is 24.0. The smallest absolute Gasteiger partial charge is 0.148 e. The Kier molecular flexibility index (Phi) is 4.32. The molecule has 4 rings (SSSR count). The standard InChI is InChI=1S/C17H17BrF2N4/c18-11-1-2-13(21-5-11)7-23-8-15-4-14(23)9-24(15)10-17-16(20)3-12(19)6-22-17/h1-3,5-6,14-15H,4,7-10H2. The highest BCUT2D eigenvalue weighted by atomic mass is 79.9. The lowest BCUT2D eigenvalue weighted by molar-refractivity contribution is 0.115. The summed E-state index contributed by atoms with van der Waals surface area (Å²) in [7, 11) is 0. The van der Waals surface area contributed by atoms with E-state index >= 15 is 0 Å². The zero-order valence-electron chi connectivity index (χ0n) is 13.0. The van der Waals surface area contributed by atoms with Crippen LogP contribution in [0.1, 0.15) is 17.8 Å². The molecule has 2 fully saturated rings. The van der Waals surface area contributed by atoms with Gasteiger partial charge >= 0.3 is 0 Å². The van der Waals surface area contributed by atoms with Gasteiger partial charge in [0.15, 0.2) is 0 Å². The molecule has 0 saturated carbocycles. The summed E-state index contributed by atoms with van der Waals surface area (Å²) in [6.07, 6.45) is 3.98. The number of fused-ring (bicyclic) bond motifs is 2. The first-order chi connectivity index (χ1) is 11.6. The van der Waals surface area contributed by atoms with Crippen molar-refractivity contribution >= 4 is 15.9 Å². The van der Waals surface area contributed by atoms with E-state index in [1.54, 1.807) is 0 Å². The number of nitrogens with zero attached hydrogens (tertiary/aromatic N) is 4. The summed E-state index contributed by atoms with van der Waals surface area (Å²) in [5.74, 6) is -1.19. The van der Waals surface area contributed by atoms with E-state index in [4.69, 9.17) is 0 Å². The molecule has 2 atom stereocenters. The van der Waals surface area contributed by atoms with E-state index < -0.39 is 11.6 Å². The second-order valence-electron chi connectivity index (χ2n) is 6.45. The van der Waals surface area contributed by atoms with Crippen molar-refractivity contribution in [3.8, 4) is 0 Å². The topological polar surface area (TPSA) is 32.3 Å². The first-order valence-electron chi connectivity index (χ1n) is 7.97. The van der Waals surface area contributed by atoms with E-state index in [0.717, 1.165) is 48.5 Å². The zero-order valence-corrected chi connectivity index (χ0v) is 14.6. The van der Waals surface area contributed by atoms with Crippen LogP contribution in [0.5, 0.6) is 0 Å². The summed E-state index contributed by atoms with van der Waals surface area (Å²) >= 11 is 3.40. The van der Waals surface area contributed by atoms with Crippen LogP contribution in [-0.2, 0) is 13.1 Å². The Balaban J connectivity index is 1.38. The molecule has 2 aliphatic heterocycles. The van der Waals surface area contributed by atoms with Gasteiger partial charge < -0.3 is 0 Å². The molecule has 126 valence electrons. The van der Waals surface area contributed by atoms with Crippen LogP contribution in [0.3, 0.4) is 0 Å². The molecule has 0 spiro atoms. The lowest BCUT2D eigenvalue weighted by Gasteiger charge is -2.33. The number of hydrogen-bond donors (Lipinski definition) is 0. The van der Waals surface area contributed by atoms with Crippen LogP contribution in [-0.4, -0.2) is 44.9 Å². The number of likely N-dealkylation sites (tertiary alicyclic amines) is 2. The van der Waals surface area contributed by atoms with Crippen molar-refractivity contribution in [1.29, 1.82) is 0 Å². The van der Waals surface area contributed by atoms with Gasteiger partial charge in [-0.25, -0.2) is 8.78 Å². The number of aromatic nitrogens is 2. The molecular weight excluding hydrogens is 378 g/mol. The second-order valence-corrected chi connectivity index (χ2v) is 7.37. The predicted octanol–water partition coefficient (Wildman–Crippen LogP) is 2.98. The van der Waals surface area contributed by atoms with Gasteiger partial charge in [0.1, 0.15) is 11.6 Å². The van der Waals surface area contributed by atoms with Gasteiger partial charge in [-0.05, 0) is 34.5 Å². The second kappa shape index (κ2) is 6.46. The molecule has 2 bridgehead atoms. The molecule has 2 saturated heterocycles. The van der Waals surface area contributed by atoms with Gasteiger partial charge in [0.25, 0.3) is 0 Å². The quantitative estimate of drug-likeness (QED) is 0.797. The number of halogens is 3. The van der Waals surface area contributed by atoms with Crippen LogP contribution >= 0.6 is 15.9 Å². The molecule has 0 aliphatic carbocycles. The summed E-state index contributed by atoms with van der Waals surface area (Å²) in [4.78, 5) is 13.0. The molecule has 0 radical (unpaired) electrons. The summed E-state index contributed by atoms with van der Waals surface area (Å²) < 4.78 is 27.7. The highest BCUT2D eigenvalue weighted by molar-refractivity contribution is 9.10. The highest BCUT2D eigenvalue weighted by Crippen LogP contribution is 2.32. The fourth-order valence-corrected chi connectivity index (χ4v) is 3.91. The Labute approximate surface area is 147 Å². The highest BCUT2D eigenvalue weighted by Gasteiger charge is 2.43. The summed E-state index contributed by atoms with van der Waals surface area (Å²) in [5.41, 5.74) is 1.38. The molecule has 0 aromatic carbocycles. The average molecular weight is 395 g/mol. The summed E-state index contributed by atoms with van der Waals surface area (Å²) in [5, 5.41) is 0. The Morgan fingerprint density at radius 1 is 1.04 bits per heavy atom. The van der Waals surface area contributed by atoms with Crippen LogP contribution < -0.4 is 0 Å². The third kappa shape index (κ3) is 3.20. The minimum absolute atomic E-state index is 0.324. The Bertz CT molecular complexity index is 740. The van der Waals surface area contributed by atoms with Crippen molar-refractivity contribution in [3.63, 3.8) is 0 Å². The first-order valence-corrected chi connectivity index (χ1v) is 8.76. The minimum Gasteiger partial charge on any atom is -0.292 e. The average Bonchev–Trinajstić information content (AvgIpc) is 3.12. The number of piperazine rings is 1. The van der Waals surface area contributed by atoms with Crippen molar-refractivity contribution in [2.24, 2.45) is 0 Å². The molecule has 4 heterocycles. The van der Waals surface area contributed by atoms with Gasteiger partial charge in [-0.1, -0.05) is 0 Å². The van der Waals surface area contributed by atoms with Crippen LogP contribution in [0.4, 0.5) is 8.78 Å². The van der Waals surface area contributed by atoms with Gasteiger partial charge in [-0.3, -0.25) is 19.8 Å². The van der Waals surface area contributed by atoms with Crippen molar-refractivity contribution in [2.45, 2.75) is 31.6 Å². The fraction of sp³-hybridized carbons (Fsp3) is 0.412. The molecule has 0 amide bonds. The largest absolute Gasteiger partial charge is 0.292 e. The van der Waals surface area contributed by atoms with E-state index in [0.29, 0.717) is 24.3 Å². The SMILES string of the molecule is Fc1cnc(CN2CC3CC2CN3Cc2ccc(Br)cn2)c(F)c1. The maximum atomic E-state index is 13.8. The number of hydrogen-bond acceptors (Lipinski definition) is 4. The first kappa shape index (κ1) is 16.1. The van der Waals surface area contributed by atoms with Crippen molar-refractivity contribution < 1.29 is 8.78 Å². The Morgan fingerprint density at radius 3 is 2.42 bits per heavy atom. The number of rotatable bonds is 4. The van der Waals surface area contributed by atoms with Gasteiger partial charge in [0.2, 0.25) is 0 Å². The molecule has 2 aromatic rings. The van der Waals surface area contributed by atoms with Gasteiger partial charge in [0.05, 0.1) is 17.6 Å². The van der Waals surface area contributed by atoms with Crippen LogP contribution in [0.25, 0.3) is 0 Å². The van der Waals surface area contributed by atoms with E-state index in [9.17, 15) is 8.78 Å². The molecule has 2 unspecified atom stereocenters. The van der Waals surface area contributed by atoms with E-state index in [2.05, 4.69) is 35.7 Å². The molecular formula is C17H17BrF2N4. The van der Waals surface area contributed by atoms with Crippen molar-refractivity contribution in [1.82, 2.24) is 19.8 Å². The van der Waals surface area contributed by atoms with Crippen molar-refractivity contribution in [3.05, 3.63) is 58.1 Å². The Hall–Kier alpha value is -1.44. The zero-order chi connectivity index (χ0) is 16.7. The predicted molar refractivity (Wildman–Crippen MR) is 89.1 cm³/mol. The molecule has 4 nitrogen and oxygen atoms in total.